The molecule has 0 radical (unpaired) electrons. The largest absolute Gasteiger partial charge is 0.416 e. The second kappa shape index (κ2) is 2.95. The van der Waals surface area contributed by atoms with Crippen LogP contribution in [-0.2, 0) is 6.18 Å². The number of alkyl halides is 3. The van der Waals surface area contributed by atoms with E-state index in [2.05, 4.69) is 11.6 Å². The van der Waals surface area contributed by atoms with Gasteiger partial charge in [-0.15, -0.1) is 0 Å². The third kappa shape index (κ3) is 1.56. The van der Waals surface area contributed by atoms with Gasteiger partial charge in [-0.05, 0) is 24.6 Å². The molecule has 2 rings (SSSR count). The molecule has 1 nitrogen and oxygen atoms in total. The molecule has 1 aliphatic heterocycles. The number of rotatable bonds is 0. The van der Waals surface area contributed by atoms with Crippen LogP contribution < -0.4 is 0 Å². The molecule has 0 bridgehead atoms. The van der Waals surface area contributed by atoms with Gasteiger partial charge >= 0.3 is 6.18 Å². The smallest absolute Gasteiger partial charge is 0.252 e. The Hall–Kier alpha value is -1.58. The number of nitrogens with zero attached hydrogens (tertiary/aromatic N) is 1. The Balaban J connectivity index is 2.54. The number of fused-ring (bicyclic) bond motifs is 1. The van der Waals surface area contributed by atoms with Crippen molar-refractivity contribution in [2.75, 3.05) is 0 Å². The van der Waals surface area contributed by atoms with Crippen LogP contribution in [0.1, 0.15) is 18.1 Å². The van der Waals surface area contributed by atoms with Gasteiger partial charge in [0.15, 0.2) is 0 Å². The Kier molecular flexibility index (Phi) is 1.96. The maximum absolute atomic E-state index is 12.4. The van der Waals surface area contributed by atoms with Crippen molar-refractivity contribution < 1.29 is 13.2 Å². The van der Waals surface area contributed by atoms with Crippen LogP contribution in [0.5, 0.6) is 0 Å². The quantitative estimate of drug-likeness (QED) is 0.618. The number of aliphatic imine (C=N–C) groups is 1. The highest BCUT2D eigenvalue weighted by atomic mass is 19.4. The topological polar surface area (TPSA) is 12.4 Å². The Bertz CT molecular complexity index is 469. The SMILES string of the molecule is C=C1C(C)=Nc2cc(C(F)(F)F)ccc21. The Morgan fingerprint density at radius 1 is 1.27 bits per heavy atom. The standard InChI is InChI=1S/C11H8F3N/c1-6-7(2)15-10-5-8(11(12,13)14)3-4-9(6)10/h3-5H,1H2,2H3. The summed E-state index contributed by atoms with van der Waals surface area (Å²) in [6.07, 6.45) is -4.32. The lowest BCUT2D eigenvalue weighted by atomic mass is 10.0. The van der Waals surface area contributed by atoms with E-state index in [9.17, 15) is 13.2 Å². The van der Waals surface area contributed by atoms with Gasteiger partial charge in [0.2, 0.25) is 0 Å². The lowest BCUT2D eigenvalue weighted by Gasteiger charge is -2.07. The molecule has 0 aromatic heterocycles. The molecule has 1 heterocycles. The molecule has 0 spiro atoms. The van der Waals surface area contributed by atoms with Crippen LogP contribution in [0.25, 0.3) is 5.57 Å². The summed E-state index contributed by atoms with van der Waals surface area (Å²) in [6, 6.07) is 3.52. The van der Waals surface area contributed by atoms with Gasteiger partial charge in [-0.3, -0.25) is 4.99 Å². The predicted molar refractivity (Wildman–Crippen MR) is 53.2 cm³/mol. The maximum atomic E-state index is 12.4. The first-order valence-electron chi connectivity index (χ1n) is 4.36. The molecule has 0 atom stereocenters. The van der Waals surface area contributed by atoms with Gasteiger partial charge in [0, 0.05) is 11.3 Å². The van der Waals surface area contributed by atoms with Crippen molar-refractivity contribution in [3.63, 3.8) is 0 Å². The highest BCUT2D eigenvalue weighted by Gasteiger charge is 2.31. The fraction of sp³-hybridized carbons (Fsp3) is 0.182. The molecule has 4 heteroatoms. The minimum absolute atomic E-state index is 0.354. The van der Waals surface area contributed by atoms with E-state index < -0.39 is 11.7 Å². The molecule has 78 valence electrons. The van der Waals surface area contributed by atoms with Crippen LogP contribution in [-0.4, -0.2) is 5.71 Å². The summed E-state index contributed by atoms with van der Waals surface area (Å²) >= 11 is 0. The van der Waals surface area contributed by atoms with Gasteiger partial charge in [-0.1, -0.05) is 12.6 Å². The Morgan fingerprint density at radius 2 is 1.93 bits per heavy atom. The summed E-state index contributed by atoms with van der Waals surface area (Å²) in [5.74, 6) is 0. The number of allylic oxidation sites excluding steroid dienone is 1. The molecule has 15 heavy (non-hydrogen) atoms. The van der Waals surface area contributed by atoms with Crippen molar-refractivity contribution in [2.45, 2.75) is 13.1 Å². The van der Waals surface area contributed by atoms with E-state index in [4.69, 9.17) is 0 Å². The molecule has 0 fully saturated rings. The van der Waals surface area contributed by atoms with Gasteiger partial charge in [0.25, 0.3) is 0 Å². The van der Waals surface area contributed by atoms with Crippen LogP contribution in [0.15, 0.2) is 29.8 Å². The Morgan fingerprint density at radius 3 is 2.53 bits per heavy atom. The fourth-order valence-electron chi connectivity index (χ4n) is 1.50. The van der Waals surface area contributed by atoms with E-state index in [0.717, 1.165) is 12.1 Å². The van der Waals surface area contributed by atoms with Gasteiger partial charge in [0.1, 0.15) is 0 Å². The lowest BCUT2D eigenvalue weighted by Crippen LogP contribution is -2.04. The van der Waals surface area contributed by atoms with Crippen LogP contribution >= 0.6 is 0 Å². The van der Waals surface area contributed by atoms with E-state index in [1.54, 1.807) is 6.92 Å². The summed E-state index contributed by atoms with van der Waals surface area (Å²) in [5.41, 5.74) is 1.73. The van der Waals surface area contributed by atoms with Gasteiger partial charge in [0.05, 0.1) is 11.3 Å². The van der Waals surface area contributed by atoms with Crippen molar-refractivity contribution in [3.05, 3.63) is 35.9 Å². The van der Waals surface area contributed by atoms with E-state index >= 15 is 0 Å². The minimum Gasteiger partial charge on any atom is -0.252 e. The maximum Gasteiger partial charge on any atom is 0.416 e. The van der Waals surface area contributed by atoms with Crippen LogP contribution in [0.3, 0.4) is 0 Å². The molecule has 1 aromatic carbocycles. The first kappa shape index (κ1) is 9.96. The average molecular weight is 211 g/mol. The number of halogens is 3. The van der Waals surface area contributed by atoms with E-state index in [1.807, 2.05) is 0 Å². The normalized spacial score (nSPS) is 15.2. The van der Waals surface area contributed by atoms with Crippen LogP contribution in [0, 0.1) is 0 Å². The van der Waals surface area contributed by atoms with Crippen LogP contribution in [0.2, 0.25) is 0 Å². The third-order valence-electron chi connectivity index (χ3n) is 2.38. The van der Waals surface area contributed by atoms with Crippen molar-refractivity contribution in [2.24, 2.45) is 4.99 Å². The molecule has 0 saturated carbocycles. The number of benzene rings is 1. The van der Waals surface area contributed by atoms with Gasteiger partial charge in [-0.2, -0.15) is 13.2 Å². The van der Waals surface area contributed by atoms with Crippen molar-refractivity contribution in [3.8, 4) is 0 Å². The second-order valence-corrected chi connectivity index (χ2v) is 3.41. The minimum atomic E-state index is -4.32. The van der Waals surface area contributed by atoms with E-state index in [1.165, 1.54) is 6.07 Å². The van der Waals surface area contributed by atoms with Crippen molar-refractivity contribution >= 4 is 17.0 Å². The van der Waals surface area contributed by atoms with Crippen LogP contribution in [0.4, 0.5) is 18.9 Å². The molecule has 0 N–H and O–H groups in total. The van der Waals surface area contributed by atoms with Gasteiger partial charge in [-0.25, -0.2) is 0 Å². The highest BCUT2D eigenvalue weighted by Crippen LogP contribution is 2.38. The zero-order valence-electron chi connectivity index (χ0n) is 8.02. The third-order valence-corrected chi connectivity index (χ3v) is 2.38. The molecule has 1 aliphatic rings. The summed E-state index contributed by atoms with van der Waals surface area (Å²) < 4.78 is 37.1. The van der Waals surface area contributed by atoms with E-state index in [0.29, 0.717) is 22.5 Å². The molecule has 0 aliphatic carbocycles. The van der Waals surface area contributed by atoms with Crippen molar-refractivity contribution in [1.82, 2.24) is 0 Å². The average Bonchev–Trinajstić information content (AvgIpc) is 2.41. The zero-order chi connectivity index (χ0) is 11.2. The fourth-order valence-corrected chi connectivity index (χ4v) is 1.50. The molecule has 0 saturated heterocycles. The molecule has 0 amide bonds. The summed E-state index contributed by atoms with van der Waals surface area (Å²) in [6.45, 7) is 5.49. The first-order chi connectivity index (χ1) is 6.89. The monoisotopic (exact) mass is 211 g/mol. The summed E-state index contributed by atoms with van der Waals surface area (Å²) in [5, 5.41) is 0. The number of hydrogen-bond acceptors (Lipinski definition) is 1. The zero-order valence-corrected chi connectivity index (χ0v) is 8.02. The highest BCUT2D eigenvalue weighted by molar-refractivity contribution is 6.27. The second-order valence-electron chi connectivity index (χ2n) is 3.41. The van der Waals surface area contributed by atoms with Crippen molar-refractivity contribution in [1.29, 1.82) is 0 Å². The molecule has 1 aromatic rings. The first-order valence-corrected chi connectivity index (χ1v) is 4.36. The van der Waals surface area contributed by atoms with Gasteiger partial charge < -0.3 is 0 Å². The number of hydrogen-bond donors (Lipinski definition) is 0. The Labute approximate surface area is 85.0 Å². The molecular weight excluding hydrogens is 203 g/mol. The lowest BCUT2D eigenvalue weighted by molar-refractivity contribution is -0.137. The molecule has 0 unspecified atom stereocenters. The van der Waals surface area contributed by atoms with E-state index in [-0.39, 0.29) is 0 Å². The molecular formula is C11H8F3N. The summed E-state index contributed by atoms with van der Waals surface area (Å²) in [4.78, 5) is 4.02. The summed E-state index contributed by atoms with van der Waals surface area (Å²) in [7, 11) is 0. The predicted octanol–water partition coefficient (Wildman–Crippen LogP) is 3.82.